The van der Waals surface area contributed by atoms with E-state index in [2.05, 4.69) is 17.2 Å². The zero-order valence-electron chi connectivity index (χ0n) is 11.9. The normalized spacial score (nSPS) is 26.2. The van der Waals surface area contributed by atoms with Gasteiger partial charge in [0, 0.05) is 19.8 Å². The first-order valence-electron chi connectivity index (χ1n) is 6.92. The quantitative estimate of drug-likeness (QED) is 0.873. The second-order valence-corrected chi connectivity index (χ2v) is 5.88. The SMILES string of the molecule is CC1CCC(CNC(=O)c2cn(C)cn2)(C(=O)O)CC1. The number of aliphatic carboxylic acids is 1. The van der Waals surface area contributed by atoms with Gasteiger partial charge in [-0.15, -0.1) is 0 Å². The van der Waals surface area contributed by atoms with Crippen LogP contribution in [0.4, 0.5) is 0 Å². The molecular weight excluding hydrogens is 258 g/mol. The molecule has 1 aliphatic rings. The van der Waals surface area contributed by atoms with Gasteiger partial charge in [0.2, 0.25) is 0 Å². The lowest BCUT2D eigenvalue weighted by Gasteiger charge is -2.35. The summed E-state index contributed by atoms with van der Waals surface area (Å²) in [5.41, 5.74) is -0.506. The van der Waals surface area contributed by atoms with Crippen LogP contribution < -0.4 is 5.32 Å². The maximum absolute atomic E-state index is 11.9. The molecule has 6 nitrogen and oxygen atoms in total. The number of hydrogen-bond acceptors (Lipinski definition) is 3. The largest absolute Gasteiger partial charge is 0.481 e. The summed E-state index contributed by atoms with van der Waals surface area (Å²) in [5, 5.41) is 12.2. The van der Waals surface area contributed by atoms with E-state index in [1.54, 1.807) is 24.1 Å². The molecule has 0 spiro atoms. The Hall–Kier alpha value is -1.85. The fourth-order valence-electron chi connectivity index (χ4n) is 2.65. The van der Waals surface area contributed by atoms with Crippen LogP contribution >= 0.6 is 0 Å². The molecule has 1 aliphatic carbocycles. The Labute approximate surface area is 118 Å². The fourth-order valence-corrected chi connectivity index (χ4v) is 2.65. The van der Waals surface area contributed by atoms with E-state index < -0.39 is 11.4 Å². The number of rotatable bonds is 4. The van der Waals surface area contributed by atoms with Gasteiger partial charge >= 0.3 is 5.97 Å². The average molecular weight is 279 g/mol. The first-order chi connectivity index (χ1) is 9.43. The van der Waals surface area contributed by atoms with Crippen molar-refractivity contribution in [2.24, 2.45) is 18.4 Å². The highest BCUT2D eigenvalue weighted by Gasteiger charge is 2.41. The summed E-state index contributed by atoms with van der Waals surface area (Å²) in [5.74, 6) is -0.565. The molecule has 0 unspecified atom stereocenters. The predicted octanol–water partition coefficient (Wildman–Crippen LogP) is 1.43. The summed E-state index contributed by atoms with van der Waals surface area (Å²) < 4.78 is 1.68. The summed E-state index contributed by atoms with van der Waals surface area (Å²) in [4.78, 5) is 27.5. The van der Waals surface area contributed by atoms with Crippen LogP contribution in [0.2, 0.25) is 0 Å². The molecule has 0 bridgehead atoms. The third kappa shape index (κ3) is 3.00. The van der Waals surface area contributed by atoms with Crippen LogP contribution in [0.3, 0.4) is 0 Å². The van der Waals surface area contributed by atoms with Gasteiger partial charge in [-0.25, -0.2) is 4.98 Å². The molecule has 1 aromatic rings. The van der Waals surface area contributed by atoms with E-state index in [1.807, 2.05) is 0 Å². The smallest absolute Gasteiger partial charge is 0.311 e. The highest BCUT2D eigenvalue weighted by molar-refractivity contribution is 5.92. The van der Waals surface area contributed by atoms with Crippen molar-refractivity contribution in [2.75, 3.05) is 6.54 Å². The van der Waals surface area contributed by atoms with Gasteiger partial charge in [0.15, 0.2) is 0 Å². The van der Waals surface area contributed by atoms with Crippen LogP contribution in [-0.4, -0.2) is 33.1 Å². The zero-order chi connectivity index (χ0) is 14.8. The van der Waals surface area contributed by atoms with Crippen LogP contribution in [0.1, 0.15) is 43.1 Å². The van der Waals surface area contributed by atoms with Crippen LogP contribution in [0.5, 0.6) is 0 Å². The van der Waals surface area contributed by atoms with Crippen molar-refractivity contribution in [1.29, 1.82) is 0 Å². The highest BCUT2D eigenvalue weighted by atomic mass is 16.4. The molecule has 1 amide bonds. The molecule has 0 aromatic carbocycles. The molecule has 1 fully saturated rings. The number of carboxylic acid groups (broad SMARTS) is 1. The van der Waals surface area contributed by atoms with Gasteiger partial charge in [0.05, 0.1) is 11.7 Å². The number of hydrogen-bond donors (Lipinski definition) is 2. The minimum Gasteiger partial charge on any atom is -0.481 e. The molecule has 2 rings (SSSR count). The summed E-state index contributed by atoms with van der Waals surface area (Å²) in [6.07, 6.45) is 6.19. The van der Waals surface area contributed by atoms with Crippen LogP contribution in [0.15, 0.2) is 12.5 Å². The molecule has 20 heavy (non-hydrogen) atoms. The van der Waals surface area contributed by atoms with E-state index in [-0.39, 0.29) is 12.5 Å². The lowest BCUT2D eigenvalue weighted by Crippen LogP contribution is -2.45. The number of nitrogens with zero attached hydrogens (tertiary/aromatic N) is 2. The third-order valence-electron chi connectivity index (χ3n) is 4.21. The number of amides is 1. The minimum atomic E-state index is -0.822. The first-order valence-corrected chi connectivity index (χ1v) is 6.92. The zero-order valence-corrected chi connectivity index (χ0v) is 11.9. The molecule has 1 aromatic heterocycles. The van der Waals surface area contributed by atoms with Gasteiger partial charge in [-0.05, 0) is 31.6 Å². The number of carboxylic acids is 1. The van der Waals surface area contributed by atoms with Gasteiger partial charge in [0.25, 0.3) is 5.91 Å². The summed E-state index contributed by atoms with van der Waals surface area (Å²) in [7, 11) is 1.78. The predicted molar refractivity (Wildman–Crippen MR) is 73.2 cm³/mol. The molecule has 0 atom stereocenters. The standard InChI is InChI=1S/C14H21N3O3/c1-10-3-5-14(6-4-10,13(19)20)8-15-12(18)11-7-17(2)9-16-11/h7,9-10H,3-6,8H2,1-2H3,(H,15,18)(H,19,20). The number of aromatic nitrogens is 2. The summed E-state index contributed by atoms with van der Waals surface area (Å²) in [6.45, 7) is 2.31. The second-order valence-electron chi connectivity index (χ2n) is 5.88. The number of carbonyl (C=O) groups excluding carboxylic acids is 1. The van der Waals surface area contributed by atoms with Crippen LogP contribution in [0.25, 0.3) is 0 Å². The Balaban J connectivity index is 1.99. The third-order valence-corrected chi connectivity index (χ3v) is 4.21. The summed E-state index contributed by atoms with van der Waals surface area (Å²) >= 11 is 0. The monoisotopic (exact) mass is 279 g/mol. The highest BCUT2D eigenvalue weighted by Crippen LogP contribution is 2.38. The van der Waals surface area contributed by atoms with Crippen molar-refractivity contribution in [2.45, 2.75) is 32.6 Å². The van der Waals surface area contributed by atoms with Gasteiger partial charge < -0.3 is 15.0 Å². The Kier molecular flexibility index (Phi) is 4.11. The molecule has 2 N–H and O–H groups in total. The molecule has 6 heteroatoms. The van der Waals surface area contributed by atoms with E-state index in [9.17, 15) is 14.7 Å². The van der Waals surface area contributed by atoms with Crippen molar-refractivity contribution in [3.05, 3.63) is 18.2 Å². The molecule has 1 heterocycles. The molecular formula is C14H21N3O3. The van der Waals surface area contributed by atoms with E-state index in [0.29, 0.717) is 24.5 Å². The molecule has 110 valence electrons. The van der Waals surface area contributed by atoms with Crippen LogP contribution in [0, 0.1) is 11.3 Å². The van der Waals surface area contributed by atoms with Crippen molar-refractivity contribution in [3.63, 3.8) is 0 Å². The van der Waals surface area contributed by atoms with E-state index in [0.717, 1.165) is 12.8 Å². The minimum absolute atomic E-state index is 0.171. The van der Waals surface area contributed by atoms with E-state index in [1.165, 1.54) is 0 Å². The van der Waals surface area contributed by atoms with Crippen molar-refractivity contribution in [3.8, 4) is 0 Å². The Morgan fingerprint density at radius 3 is 2.65 bits per heavy atom. The van der Waals surface area contributed by atoms with E-state index in [4.69, 9.17) is 0 Å². The van der Waals surface area contributed by atoms with Crippen LogP contribution in [-0.2, 0) is 11.8 Å². The summed E-state index contributed by atoms with van der Waals surface area (Å²) in [6, 6.07) is 0. The number of imidazole rings is 1. The van der Waals surface area contributed by atoms with Crippen molar-refractivity contribution in [1.82, 2.24) is 14.9 Å². The second kappa shape index (κ2) is 5.64. The lowest BCUT2D eigenvalue weighted by molar-refractivity contribution is -0.151. The van der Waals surface area contributed by atoms with Crippen molar-refractivity contribution < 1.29 is 14.7 Å². The van der Waals surface area contributed by atoms with E-state index >= 15 is 0 Å². The van der Waals surface area contributed by atoms with Gasteiger partial charge in [-0.3, -0.25) is 9.59 Å². The number of nitrogens with one attached hydrogen (secondary N) is 1. The van der Waals surface area contributed by atoms with Gasteiger partial charge in [-0.1, -0.05) is 6.92 Å². The Bertz CT molecular complexity index is 502. The maximum atomic E-state index is 11.9. The number of aryl methyl sites for hydroxylation is 1. The molecule has 0 saturated heterocycles. The molecule has 1 saturated carbocycles. The molecule has 0 aliphatic heterocycles. The topological polar surface area (TPSA) is 84.2 Å². The molecule has 0 radical (unpaired) electrons. The van der Waals surface area contributed by atoms with Gasteiger partial charge in [-0.2, -0.15) is 0 Å². The van der Waals surface area contributed by atoms with Crippen molar-refractivity contribution >= 4 is 11.9 Å². The van der Waals surface area contributed by atoms with Gasteiger partial charge in [0.1, 0.15) is 5.69 Å². The fraction of sp³-hybridized carbons (Fsp3) is 0.643. The average Bonchev–Trinajstić information content (AvgIpc) is 2.84. The Morgan fingerprint density at radius 1 is 1.50 bits per heavy atom. The first kappa shape index (κ1) is 14.6. The Morgan fingerprint density at radius 2 is 2.15 bits per heavy atom. The maximum Gasteiger partial charge on any atom is 0.311 e. The lowest BCUT2D eigenvalue weighted by atomic mass is 9.71. The number of carbonyl (C=O) groups is 2.